The molecule has 8 atom stereocenters. The Bertz CT molecular complexity index is 2430. The summed E-state index contributed by atoms with van der Waals surface area (Å²) in [6.45, 7) is 6.81. The van der Waals surface area contributed by atoms with Gasteiger partial charge in [0.1, 0.15) is 59.8 Å². The Morgan fingerprint density at radius 2 is 0.949 bits per heavy atom. The molecule has 23 heteroatoms. The molecular weight excluding hydrogens is 1000 g/mol. The number of nitrogens with one attached hydrogen (secondary N) is 9. The molecule has 3 aromatic rings. The lowest BCUT2D eigenvalue weighted by molar-refractivity contribution is -0.136. The van der Waals surface area contributed by atoms with Crippen LogP contribution in [0.3, 0.4) is 0 Å². The monoisotopic (exact) mass is 1080 g/mol. The molecule has 1 saturated heterocycles. The zero-order valence-electron chi connectivity index (χ0n) is 45.1. The number of carbonyl (C=O) groups is 9. The van der Waals surface area contributed by atoms with Gasteiger partial charge in [-0.1, -0.05) is 76.2 Å². The molecule has 1 aliphatic rings. The van der Waals surface area contributed by atoms with Crippen LogP contribution in [0.15, 0.2) is 84.9 Å². The first-order valence-electron chi connectivity index (χ1n) is 26.7. The van der Waals surface area contributed by atoms with Crippen LogP contribution in [0.2, 0.25) is 0 Å². The summed E-state index contributed by atoms with van der Waals surface area (Å²) in [6.07, 6.45) is 0.0251. The zero-order chi connectivity index (χ0) is 57.1. The van der Waals surface area contributed by atoms with Gasteiger partial charge < -0.3 is 75.5 Å². The fourth-order valence-corrected chi connectivity index (χ4v) is 8.55. The molecule has 17 N–H and O–H groups in total. The molecule has 23 nitrogen and oxygen atoms in total. The number of carbonyl (C=O) groups excluding carboxylic acids is 9. The molecule has 1 heterocycles. The Morgan fingerprint density at radius 3 is 1.42 bits per heavy atom. The number of nitrogens with two attached hydrogens (primary N) is 4. The van der Waals surface area contributed by atoms with Crippen molar-refractivity contribution in [1.29, 1.82) is 0 Å². The number of hydrogen-bond donors (Lipinski definition) is 13. The van der Waals surface area contributed by atoms with Gasteiger partial charge in [0.2, 0.25) is 47.3 Å². The summed E-state index contributed by atoms with van der Waals surface area (Å²) in [6, 6.07) is 14.1. The molecule has 78 heavy (non-hydrogen) atoms. The molecule has 0 saturated carbocycles. The number of hydrogen-bond acceptors (Lipinski definition) is 14. The SMILES string of the molecule is CC(C)C[C@@H]1NC(=O)[C@H](CCN)NC(=O)[C@H](CCN)NC(=O)[C@H](CC(C)C)NC(=O)[C@@H](CCc2ccccc2)NC(=O)[C@H](CCN)NC(=O)[C@@H](NC(=O)[C@@H](CCN)NC(=O)c2ccc(Oc3ccccc3)cc2)CCNC1=O. The van der Waals surface area contributed by atoms with Gasteiger partial charge in [-0.05, 0) is 138 Å². The maximum absolute atomic E-state index is 14.5. The van der Waals surface area contributed by atoms with Crippen molar-refractivity contribution in [1.82, 2.24) is 47.9 Å². The van der Waals surface area contributed by atoms with E-state index in [1.807, 2.05) is 76.2 Å². The number of rotatable bonds is 21. The van der Waals surface area contributed by atoms with E-state index in [9.17, 15) is 43.2 Å². The van der Waals surface area contributed by atoms with Crippen molar-refractivity contribution in [2.24, 2.45) is 34.8 Å². The number of amides is 9. The number of aryl methyl sites for hydroxylation is 1. The van der Waals surface area contributed by atoms with Crippen LogP contribution in [0.4, 0.5) is 0 Å². The molecule has 0 unspecified atom stereocenters. The van der Waals surface area contributed by atoms with Gasteiger partial charge in [-0.3, -0.25) is 43.2 Å². The summed E-state index contributed by atoms with van der Waals surface area (Å²) in [5.41, 5.74) is 24.8. The number of benzene rings is 3. The van der Waals surface area contributed by atoms with Crippen molar-refractivity contribution in [3.8, 4) is 11.5 Å². The van der Waals surface area contributed by atoms with E-state index in [4.69, 9.17) is 27.7 Å². The largest absolute Gasteiger partial charge is 0.457 e. The predicted molar refractivity (Wildman–Crippen MR) is 294 cm³/mol. The van der Waals surface area contributed by atoms with Gasteiger partial charge in [0.05, 0.1) is 0 Å². The molecule has 0 spiro atoms. The van der Waals surface area contributed by atoms with Crippen LogP contribution in [0.25, 0.3) is 0 Å². The van der Waals surface area contributed by atoms with Gasteiger partial charge in [0.25, 0.3) is 5.91 Å². The second-order valence-corrected chi connectivity index (χ2v) is 20.1. The standard InChI is InChI=1S/C55H81N13O10/c1-33(2)31-45-48(70)60-30-25-44(66-50(72)40(21-26-56)61-47(69)36-16-18-38(19-17-36)78-37-13-9-6-10-14-37)54(76)64-41(22-27-57)51(73)62-39(20-15-35-11-7-5-8-12-35)49(71)68-46(32-34(3)4)55(77)65-42(23-28-58)52(74)63-43(24-29-59)53(75)67-45/h5-14,16-19,33-34,39-46H,15,20-32,56-59H2,1-4H3,(H,60,70)(H,61,69)(H,62,73)(H,63,74)(H,64,76)(H,65,77)(H,66,72)(H,67,75)(H,68,71)/t39-,40-,41+,42+,43+,44+,45+,46+/m1/s1. The highest BCUT2D eigenvalue weighted by Crippen LogP contribution is 2.21. The Morgan fingerprint density at radius 1 is 0.526 bits per heavy atom. The Kier molecular flexibility index (Phi) is 26.7. The Hall–Kier alpha value is -7.47. The van der Waals surface area contributed by atoms with Crippen LogP contribution >= 0.6 is 0 Å². The summed E-state index contributed by atoms with van der Waals surface area (Å²) >= 11 is 0. The lowest BCUT2D eigenvalue weighted by atomic mass is 10.00. The minimum absolute atomic E-state index is 0.0414. The first kappa shape index (κ1) is 63.1. The van der Waals surface area contributed by atoms with Crippen molar-refractivity contribution < 1.29 is 47.9 Å². The molecule has 9 amide bonds. The van der Waals surface area contributed by atoms with Crippen molar-refractivity contribution in [2.75, 3.05) is 32.7 Å². The Balaban J connectivity index is 1.73. The molecule has 0 aromatic heterocycles. The van der Waals surface area contributed by atoms with E-state index in [0.29, 0.717) is 17.9 Å². The highest BCUT2D eigenvalue weighted by Gasteiger charge is 2.35. The normalized spacial score (nSPS) is 21.9. The average Bonchev–Trinajstić information content (AvgIpc) is 3.41. The summed E-state index contributed by atoms with van der Waals surface area (Å²) in [5, 5.41) is 24.4. The molecule has 3 aromatic carbocycles. The van der Waals surface area contributed by atoms with Crippen LogP contribution in [-0.2, 0) is 44.8 Å². The van der Waals surface area contributed by atoms with E-state index in [0.717, 1.165) is 5.56 Å². The van der Waals surface area contributed by atoms with E-state index < -0.39 is 101 Å². The summed E-state index contributed by atoms with van der Waals surface area (Å²) in [7, 11) is 0. The lowest BCUT2D eigenvalue weighted by Crippen LogP contribution is -2.60. The topological polar surface area (TPSA) is 375 Å². The molecule has 0 aliphatic carbocycles. The highest BCUT2D eigenvalue weighted by molar-refractivity contribution is 6.00. The quantitative estimate of drug-likeness (QED) is 0.0647. The molecule has 426 valence electrons. The third-order valence-corrected chi connectivity index (χ3v) is 12.7. The molecule has 0 radical (unpaired) electrons. The molecule has 4 rings (SSSR count). The van der Waals surface area contributed by atoms with E-state index in [1.54, 1.807) is 24.3 Å². The molecular formula is C55H81N13O10. The van der Waals surface area contributed by atoms with E-state index >= 15 is 0 Å². The van der Waals surface area contributed by atoms with Crippen LogP contribution in [0.1, 0.15) is 95.0 Å². The van der Waals surface area contributed by atoms with Crippen molar-refractivity contribution in [3.05, 3.63) is 96.1 Å². The molecule has 0 bridgehead atoms. The molecule has 1 aliphatic heterocycles. The van der Waals surface area contributed by atoms with Gasteiger partial charge in [-0.25, -0.2) is 0 Å². The van der Waals surface area contributed by atoms with Crippen molar-refractivity contribution in [2.45, 2.75) is 134 Å². The summed E-state index contributed by atoms with van der Waals surface area (Å²) < 4.78 is 5.84. The summed E-state index contributed by atoms with van der Waals surface area (Å²) in [5.74, 6) is -6.01. The second kappa shape index (κ2) is 33.0. The van der Waals surface area contributed by atoms with Crippen molar-refractivity contribution in [3.63, 3.8) is 0 Å². The first-order valence-corrected chi connectivity index (χ1v) is 26.7. The maximum Gasteiger partial charge on any atom is 0.251 e. The minimum Gasteiger partial charge on any atom is -0.457 e. The van der Waals surface area contributed by atoms with Crippen LogP contribution in [0.5, 0.6) is 11.5 Å². The number of para-hydroxylation sites is 1. The second-order valence-electron chi connectivity index (χ2n) is 20.1. The van der Waals surface area contributed by atoms with E-state index in [-0.39, 0.29) is 101 Å². The minimum atomic E-state index is -1.48. The molecule has 1 fully saturated rings. The van der Waals surface area contributed by atoms with Gasteiger partial charge in [-0.15, -0.1) is 0 Å². The fraction of sp³-hybridized carbons (Fsp3) is 0.509. The third kappa shape index (κ3) is 21.2. The first-order chi connectivity index (χ1) is 37.3. The lowest BCUT2D eigenvalue weighted by Gasteiger charge is -2.28. The predicted octanol–water partition coefficient (Wildman–Crippen LogP) is -0.389. The van der Waals surface area contributed by atoms with Crippen molar-refractivity contribution >= 4 is 53.2 Å². The fourth-order valence-electron chi connectivity index (χ4n) is 8.55. The van der Waals surface area contributed by atoms with E-state index in [2.05, 4.69) is 47.9 Å². The maximum atomic E-state index is 14.5. The van der Waals surface area contributed by atoms with Gasteiger partial charge in [0, 0.05) is 12.1 Å². The summed E-state index contributed by atoms with van der Waals surface area (Å²) in [4.78, 5) is 127. The van der Waals surface area contributed by atoms with E-state index in [1.165, 1.54) is 12.1 Å². The highest BCUT2D eigenvalue weighted by atomic mass is 16.5. The Labute approximate surface area is 456 Å². The third-order valence-electron chi connectivity index (χ3n) is 12.7. The van der Waals surface area contributed by atoms with Gasteiger partial charge >= 0.3 is 0 Å². The average molecular weight is 1080 g/mol. The van der Waals surface area contributed by atoms with Crippen LogP contribution in [-0.4, -0.2) is 134 Å². The van der Waals surface area contributed by atoms with Crippen LogP contribution in [0, 0.1) is 11.8 Å². The van der Waals surface area contributed by atoms with Crippen LogP contribution < -0.4 is 75.5 Å². The number of ether oxygens (including phenoxy) is 1. The zero-order valence-corrected chi connectivity index (χ0v) is 45.1. The van der Waals surface area contributed by atoms with Gasteiger partial charge in [0.15, 0.2) is 0 Å². The smallest absolute Gasteiger partial charge is 0.251 e. The van der Waals surface area contributed by atoms with Gasteiger partial charge in [-0.2, -0.15) is 0 Å².